The van der Waals surface area contributed by atoms with Crippen LogP contribution in [-0.4, -0.2) is 17.2 Å². The van der Waals surface area contributed by atoms with E-state index in [0.717, 1.165) is 11.1 Å². The van der Waals surface area contributed by atoms with Crippen LogP contribution in [0.1, 0.15) is 11.1 Å². The van der Waals surface area contributed by atoms with Crippen molar-refractivity contribution in [3.05, 3.63) is 64.1 Å². The van der Waals surface area contributed by atoms with E-state index in [1.807, 2.05) is 30.3 Å². The Morgan fingerprint density at radius 1 is 1.25 bits per heavy atom. The van der Waals surface area contributed by atoms with Gasteiger partial charge < -0.3 is 5.11 Å². The number of phenols is 1. The number of carbonyl (C=O) groups excluding carboxylic acids is 1. The highest BCUT2D eigenvalue weighted by molar-refractivity contribution is 9.10. The molecule has 1 amide bonds. The fourth-order valence-corrected chi connectivity index (χ4v) is 2.00. The van der Waals surface area contributed by atoms with E-state index in [0.29, 0.717) is 4.47 Å². The second-order valence-corrected chi connectivity index (χ2v) is 5.02. The summed E-state index contributed by atoms with van der Waals surface area (Å²) < 4.78 is 0.581. The third-order valence-electron chi connectivity index (χ3n) is 2.58. The summed E-state index contributed by atoms with van der Waals surface area (Å²) >= 11 is 3.21. The molecule has 0 spiro atoms. The molecule has 0 fully saturated rings. The number of aromatic hydroxyl groups is 1. The van der Waals surface area contributed by atoms with Crippen molar-refractivity contribution < 1.29 is 9.90 Å². The van der Waals surface area contributed by atoms with Gasteiger partial charge in [0.2, 0.25) is 5.91 Å². The molecule has 0 aliphatic rings. The Labute approximate surface area is 125 Å². The number of halogens is 1. The number of rotatable bonds is 4. The van der Waals surface area contributed by atoms with E-state index in [2.05, 4.69) is 26.5 Å². The molecule has 0 aliphatic carbocycles. The first-order valence-corrected chi connectivity index (χ1v) is 6.79. The van der Waals surface area contributed by atoms with E-state index in [1.165, 1.54) is 6.21 Å². The minimum Gasteiger partial charge on any atom is -0.507 e. The maximum atomic E-state index is 11.6. The maximum Gasteiger partial charge on any atom is 0.244 e. The van der Waals surface area contributed by atoms with Crippen LogP contribution in [0.15, 0.2) is 58.1 Å². The Kier molecular flexibility index (Phi) is 4.90. The lowest BCUT2D eigenvalue weighted by atomic mass is 10.1. The monoisotopic (exact) mass is 332 g/mol. The van der Waals surface area contributed by atoms with Crippen LogP contribution in [0.2, 0.25) is 0 Å². The second-order valence-electron chi connectivity index (χ2n) is 4.17. The highest BCUT2D eigenvalue weighted by Gasteiger charge is 2.01. The molecule has 0 aliphatic heterocycles. The van der Waals surface area contributed by atoms with Gasteiger partial charge in [0.25, 0.3) is 0 Å². The topological polar surface area (TPSA) is 61.7 Å². The van der Waals surface area contributed by atoms with E-state index >= 15 is 0 Å². The summed E-state index contributed by atoms with van der Waals surface area (Å²) in [6.45, 7) is 0. The van der Waals surface area contributed by atoms with E-state index in [1.54, 1.807) is 18.2 Å². The lowest BCUT2D eigenvalue weighted by Crippen LogP contribution is -2.19. The molecule has 0 saturated carbocycles. The molecule has 5 heteroatoms. The SMILES string of the molecule is O=C(Cc1ccccc1)NN=Cc1ccc(O)c(Br)c1. The molecule has 2 rings (SSSR count). The van der Waals surface area contributed by atoms with Gasteiger partial charge in [-0.3, -0.25) is 4.79 Å². The van der Waals surface area contributed by atoms with Crippen LogP contribution in [0.25, 0.3) is 0 Å². The van der Waals surface area contributed by atoms with Crippen molar-refractivity contribution in [2.24, 2.45) is 5.10 Å². The van der Waals surface area contributed by atoms with Crippen LogP contribution >= 0.6 is 15.9 Å². The van der Waals surface area contributed by atoms with Gasteiger partial charge in [-0.2, -0.15) is 5.10 Å². The van der Waals surface area contributed by atoms with Gasteiger partial charge in [0.05, 0.1) is 17.1 Å². The number of hydrogen-bond donors (Lipinski definition) is 2. The summed E-state index contributed by atoms with van der Waals surface area (Å²) in [7, 11) is 0. The molecule has 2 aromatic carbocycles. The van der Waals surface area contributed by atoms with Crippen LogP contribution < -0.4 is 5.43 Å². The van der Waals surface area contributed by atoms with Crippen molar-refractivity contribution in [2.45, 2.75) is 6.42 Å². The van der Waals surface area contributed by atoms with Crippen LogP contribution in [-0.2, 0) is 11.2 Å². The fourth-order valence-electron chi connectivity index (χ4n) is 1.60. The van der Waals surface area contributed by atoms with E-state index in [-0.39, 0.29) is 18.1 Å². The van der Waals surface area contributed by atoms with Gasteiger partial charge in [0, 0.05) is 0 Å². The van der Waals surface area contributed by atoms with Crippen molar-refractivity contribution in [2.75, 3.05) is 0 Å². The molecule has 20 heavy (non-hydrogen) atoms. The molecular formula is C15H13BrN2O2. The minimum atomic E-state index is -0.176. The molecule has 102 valence electrons. The lowest BCUT2D eigenvalue weighted by Gasteiger charge is -2.00. The predicted molar refractivity (Wildman–Crippen MR) is 81.7 cm³/mol. The Hall–Kier alpha value is -2.14. The molecule has 4 nitrogen and oxygen atoms in total. The Morgan fingerprint density at radius 2 is 2.00 bits per heavy atom. The number of benzene rings is 2. The Balaban J connectivity index is 1.89. The molecular weight excluding hydrogens is 320 g/mol. The lowest BCUT2D eigenvalue weighted by molar-refractivity contribution is -0.120. The van der Waals surface area contributed by atoms with E-state index in [9.17, 15) is 9.90 Å². The third kappa shape index (κ3) is 4.20. The molecule has 2 N–H and O–H groups in total. The molecule has 0 heterocycles. The fraction of sp³-hybridized carbons (Fsp3) is 0.0667. The van der Waals surface area contributed by atoms with Crippen molar-refractivity contribution in [3.8, 4) is 5.75 Å². The molecule has 0 saturated heterocycles. The molecule has 0 radical (unpaired) electrons. The first-order valence-electron chi connectivity index (χ1n) is 5.99. The summed E-state index contributed by atoms with van der Waals surface area (Å²) in [5, 5.41) is 13.2. The van der Waals surface area contributed by atoms with Gasteiger partial charge in [-0.05, 0) is 45.3 Å². The number of hydrogen-bond acceptors (Lipinski definition) is 3. The number of phenolic OH excluding ortho intramolecular Hbond substituents is 1. The summed E-state index contributed by atoms with van der Waals surface area (Å²) in [6.07, 6.45) is 1.81. The number of nitrogens with zero attached hydrogens (tertiary/aromatic N) is 1. The maximum absolute atomic E-state index is 11.6. The standard InChI is InChI=1S/C15H13BrN2O2/c16-13-8-12(6-7-14(13)19)10-17-18-15(20)9-11-4-2-1-3-5-11/h1-8,10,19H,9H2,(H,18,20). The highest BCUT2D eigenvalue weighted by atomic mass is 79.9. The van der Waals surface area contributed by atoms with Crippen molar-refractivity contribution >= 4 is 28.1 Å². The normalized spacial score (nSPS) is 10.7. The number of nitrogens with one attached hydrogen (secondary N) is 1. The predicted octanol–water partition coefficient (Wildman–Crippen LogP) is 2.85. The molecule has 2 aromatic rings. The number of amides is 1. The summed E-state index contributed by atoms with van der Waals surface area (Å²) in [6, 6.07) is 14.4. The zero-order valence-corrected chi connectivity index (χ0v) is 12.2. The third-order valence-corrected chi connectivity index (χ3v) is 3.22. The van der Waals surface area contributed by atoms with Crippen LogP contribution in [0.5, 0.6) is 5.75 Å². The zero-order chi connectivity index (χ0) is 14.4. The van der Waals surface area contributed by atoms with Crippen LogP contribution in [0.3, 0.4) is 0 Å². The summed E-state index contributed by atoms with van der Waals surface area (Å²) in [5.74, 6) is -0.0134. The Bertz CT molecular complexity index is 627. The van der Waals surface area contributed by atoms with Crippen molar-refractivity contribution in [1.82, 2.24) is 5.43 Å². The Morgan fingerprint density at radius 3 is 2.70 bits per heavy atom. The van der Waals surface area contributed by atoms with Gasteiger partial charge in [-0.1, -0.05) is 30.3 Å². The van der Waals surface area contributed by atoms with Crippen molar-refractivity contribution in [3.63, 3.8) is 0 Å². The summed E-state index contributed by atoms with van der Waals surface area (Å²) in [5.41, 5.74) is 4.18. The minimum absolute atomic E-state index is 0.162. The van der Waals surface area contributed by atoms with E-state index < -0.39 is 0 Å². The largest absolute Gasteiger partial charge is 0.507 e. The van der Waals surface area contributed by atoms with Gasteiger partial charge >= 0.3 is 0 Å². The first kappa shape index (κ1) is 14.3. The van der Waals surface area contributed by atoms with Crippen LogP contribution in [0.4, 0.5) is 0 Å². The van der Waals surface area contributed by atoms with Gasteiger partial charge in [-0.15, -0.1) is 0 Å². The average Bonchev–Trinajstić information content (AvgIpc) is 2.44. The molecule has 0 bridgehead atoms. The summed E-state index contributed by atoms with van der Waals surface area (Å²) in [4.78, 5) is 11.6. The van der Waals surface area contributed by atoms with Gasteiger partial charge in [0.15, 0.2) is 0 Å². The molecule has 0 atom stereocenters. The quantitative estimate of drug-likeness (QED) is 0.668. The number of carbonyl (C=O) groups is 1. The van der Waals surface area contributed by atoms with Crippen molar-refractivity contribution in [1.29, 1.82) is 0 Å². The zero-order valence-electron chi connectivity index (χ0n) is 10.6. The first-order chi connectivity index (χ1) is 9.65. The highest BCUT2D eigenvalue weighted by Crippen LogP contribution is 2.23. The van der Waals surface area contributed by atoms with Gasteiger partial charge in [0.1, 0.15) is 5.75 Å². The average molecular weight is 333 g/mol. The smallest absolute Gasteiger partial charge is 0.244 e. The molecule has 0 aromatic heterocycles. The second kappa shape index (κ2) is 6.86. The van der Waals surface area contributed by atoms with Crippen LogP contribution in [0, 0.1) is 0 Å². The van der Waals surface area contributed by atoms with E-state index in [4.69, 9.17) is 0 Å². The molecule has 0 unspecified atom stereocenters. The number of hydrazone groups is 1. The van der Waals surface area contributed by atoms with Gasteiger partial charge in [-0.25, -0.2) is 5.43 Å².